The first-order valence-electron chi connectivity index (χ1n) is 25.8. The van der Waals surface area contributed by atoms with Crippen molar-refractivity contribution in [3.8, 4) is 39.6 Å². The second-order valence-corrected chi connectivity index (χ2v) is 23.0. The maximum Gasteiger partial charge on any atom is 0.137 e. The fourth-order valence-corrected chi connectivity index (χ4v) is 10.6. The molecule has 0 N–H and O–H groups in total. The Kier molecular flexibility index (Phi) is 12.5. The van der Waals surface area contributed by atoms with Crippen molar-refractivity contribution in [2.75, 3.05) is 16.5 Å². The van der Waals surface area contributed by atoms with E-state index in [4.69, 9.17) is 9.72 Å². The molecule has 1 aliphatic heterocycles. The Morgan fingerprint density at radius 2 is 1.17 bits per heavy atom. The fraction of sp³-hybridized carbons (Fsp3) is 0.269. The average molecular weight is 947 g/mol. The summed E-state index contributed by atoms with van der Waals surface area (Å²) in [5.74, 6) is 3.08. The van der Waals surface area contributed by atoms with Gasteiger partial charge in [-0.3, -0.25) is 4.57 Å². The van der Waals surface area contributed by atoms with Gasteiger partial charge in [0.25, 0.3) is 0 Å². The van der Waals surface area contributed by atoms with Gasteiger partial charge in [0.2, 0.25) is 0 Å². The van der Waals surface area contributed by atoms with Crippen LogP contribution in [0.25, 0.3) is 49.9 Å². The number of aromatic nitrogens is 2. The van der Waals surface area contributed by atoms with E-state index in [1.807, 2.05) is 6.20 Å². The summed E-state index contributed by atoms with van der Waals surface area (Å²) in [6.07, 6.45) is 4.31. The number of ether oxygens (including phenoxy) is 1. The maximum absolute atomic E-state index is 7.21. The molecule has 3 heterocycles. The molecule has 0 saturated heterocycles. The molecule has 2 aromatic heterocycles. The molecule has 5 nitrogen and oxygen atoms in total. The van der Waals surface area contributed by atoms with E-state index in [2.05, 4.69) is 274 Å². The molecule has 7 aromatic carbocycles. The van der Waals surface area contributed by atoms with Crippen molar-refractivity contribution in [1.82, 2.24) is 9.55 Å². The number of anilines is 2. The highest BCUT2D eigenvalue weighted by Gasteiger charge is 2.33. The summed E-state index contributed by atoms with van der Waals surface area (Å²) in [7, 11) is 0. The van der Waals surface area contributed by atoms with Crippen LogP contribution < -0.4 is 14.5 Å². The standard InChI is InChI=1S/C67H70N4O/c1-44(2)56-27-20-28-57(45(3)4)64(56)48-35-53(69-42-62(66(8,9)10)70(43-69)52-26-19-25-51(38-52)67(11,12)49-23-17-14-18-24-49)40-55(36-48)72-54-30-31-58-59-37-47(46-21-15-13-16-22-46)29-32-60(59)71(61(58)41-54)63-39-50(33-34-68-63)65(5,6)7/h13-42,44-45H,43H2,1-12H3. The van der Waals surface area contributed by atoms with Crippen LogP contribution in [-0.4, -0.2) is 16.2 Å². The van der Waals surface area contributed by atoms with E-state index in [1.54, 1.807) is 0 Å². The summed E-state index contributed by atoms with van der Waals surface area (Å²) in [6, 6.07) is 62.1. The number of pyridine rings is 1. The van der Waals surface area contributed by atoms with E-state index < -0.39 is 0 Å². The molecule has 0 saturated carbocycles. The Bertz CT molecular complexity index is 3450. The second kappa shape index (κ2) is 18.7. The van der Waals surface area contributed by atoms with Gasteiger partial charge >= 0.3 is 0 Å². The third-order valence-corrected chi connectivity index (χ3v) is 14.8. The Hall–Kier alpha value is -7.37. The van der Waals surface area contributed by atoms with Crippen molar-refractivity contribution >= 4 is 33.2 Å². The number of rotatable bonds is 11. The predicted octanol–water partition coefficient (Wildman–Crippen LogP) is 18.3. The number of fused-ring (bicyclic) bond motifs is 3. The molecule has 364 valence electrons. The third-order valence-electron chi connectivity index (χ3n) is 14.8. The first kappa shape index (κ1) is 48.3. The summed E-state index contributed by atoms with van der Waals surface area (Å²) >= 11 is 0. The maximum atomic E-state index is 7.21. The minimum Gasteiger partial charge on any atom is -0.457 e. The van der Waals surface area contributed by atoms with Gasteiger partial charge in [0.05, 0.1) is 17.7 Å². The molecule has 0 unspecified atom stereocenters. The first-order chi connectivity index (χ1) is 34.3. The zero-order valence-electron chi connectivity index (χ0n) is 44.4. The molecule has 10 rings (SSSR count). The number of nitrogens with zero attached hydrogens (tertiary/aromatic N) is 4. The van der Waals surface area contributed by atoms with Crippen LogP contribution in [0.4, 0.5) is 11.4 Å². The summed E-state index contributed by atoms with van der Waals surface area (Å²) in [5.41, 5.74) is 16.6. The SMILES string of the molecule is CC(C)c1cccc(C(C)C)c1-c1cc(Oc2ccc3c4cc(-c5ccccc5)ccc4n(-c4cc(C(C)(C)C)ccn4)c3c2)cc(N2C=C(C(C)(C)C)N(c3cccc(C(C)(C)c4ccccc4)c3)C2)c1. The molecule has 0 bridgehead atoms. The van der Waals surface area contributed by atoms with Gasteiger partial charge < -0.3 is 14.5 Å². The lowest BCUT2D eigenvalue weighted by molar-refractivity contribution is 0.483. The molecule has 0 fully saturated rings. The lowest BCUT2D eigenvalue weighted by Crippen LogP contribution is -2.31. The fourth-order valence-electron chi connectivity index (χ4n) is 10.6. The molecule has 0 amide bonds. The van der Waals surface area contributed by atoms with E-state index in [9.17, 15) is 0 Å². The molecule has 0 atom stereocenters. The molecule has 1 aliphatic rings. The minimum absolute atomic E-state index is 0.0456. The number of benzene rings is 7. The van der Waals surface area contributed by atoms with Crippen LogP contribution in [0.1, 0.15) is 123 Å². The van der Waals surface area contributed by atoms with Crippen molar-refractivity contribution in [2.45, 2.75) is 106 Å². The van der Waals surface area contributed by atoms with Gasteiger partial charge in [-0.05, 0) is 128 Å². The third kappa shape index (κ3) is 9.22. The Morgan fingerprint density at radius 1 is 0.486 bits per heavy atom. The van der Waals surface area contributed by atoms with Crippen molar-refractivity contribution < 1.29 is 4.74 Å². The van der Waals surface area contributed by atoms with Crippen LogP contribution in [0.3, 0.4) is 0 Å². The quantitative estimate of drug-likeness (QED) is 0.129. The Morgan fingerprint density at radius 3 is 1.85 bits per heavy atom. The summed E-state index contributed by atoms with van der Waals surface area (Å²) < 4.78 is 9.52. The summed E-state index contributed by atoms with van der Waals surface area (Å²) in [4.78, 5) is 9.94. The van der Waals surface area contributed by atoms with Crippen LogP contribution >= 0.6 is 0 Å². The van der Waals surface area contributed by atoms with E-state index in [1.165, 1.54) is 61.3 Å². The molecular formula is C67H70N4O. The molecule has 0 aliphatic carbocycles. The molecular weight excluding hydrogens is 877 g/mol. The van der Waals surface area contributed by atoms with Gasteiger partial charge in [-0.15, -0.1) is 0 Å². The van der Waals surface area contributed by atoms with Crippen LogP contribution in [-0.2, 0) is 10.8 Å². The second-order valence-electron chi connectivity index (χ2n) is 23.0. The van der Waals surface area contributed by atoms with E-state index in [0.717, 1.165) is 45.0 Å². The lowest BCUT2D eigenvalue weighted by Gasteiger charge is -2.33. The predicted molar refractivity (Wildman–Crippen MR) is 305 cm³/mol. The van der Waals surface area contributed by atoms with Gasteiger partial charge in [0.15, 0.2) is 0 Å². The van der Waals surface area contributed by atoms with Gasteiger partial charge in [-0.25, -0.2) is 4.98 Å². The lowest BCUT2D eigenvalue weighted by atomic mass is 9.78. The smallest absolute Gasteiger partial charge is 0.137 e. The highest BCUT2D eigenvalue weighted by molar-refractivity contribution is 6.10. The average Bonchev–Trinajstić information content (AvgIpc) is 3.97. The number of hydrogen-bond donors (Lipinski definition) is 0. The zero-order chi connectivity index (χ0) is 50.7. The molecule has 0 radical (unpaired) electrons. The van der Waals surface area contributed by atoms with Crippen LogP contribution in [0.2, 0.25) is 0 Å². The Labute approximate surface area is 428 Å². The van der Waals surface area contributed by atoms with Crippen LogP contribution in [0.15, 0.2) is 188 Å². The van der Waals surface area contributed by atoms with Crippen molar-refractivity contribution in [1.29, 1.82) is 0 Å². The molecule has 5 heteroatoms. The summed E-state index contributed by atoms with van der Waals surface area (Å²) in [5, 5.41) is 2.32. The van der Waals surface area contributed by atoms with Gasteiger partial charge in [0, 0.05) is 63.2 Å². The highest BCUT2D eigenvalue weighted by Crippen LogP contribution is 2.45. The largest absolute Gasteiger partial charge is 0.457 e. The van der Waals surface area contributed by atoms with Crippen molar-refractivity contribution in [3.05, 3.63) is 216 Å². The van der Waals surface area contributed by atoms with Crippen LogP contribution in [0, 0.1) is 5.41 Å². The van der Waals surface area contributed by atoms with E-state index in [-0.39, 0.29) is 16.2 Å². The van der Waals surface area contributed by atoms with Gasteiger partial charge in [-0.2, -0.15) is 0 Å². The van der Waals surface area contributed by atoms with Gasteiger partial charge in [0.1, 0.15) is 17.3 Å². The van der Waals surface area contributed by atoms with Crippen LogP contribution in [0.5, 0.6) is 11.5 Å². The highest BCUT2D eigenvalue weighted by atomic mass is 16.5. The molecule has 0 spiro atoms. The molecule has 72 heavy (non-hydrogen) atoms. The van der Waals surface area contributed by atoms with Gasteiger partial charge in [-0.1, -0.05) is 180 Å². The zero-order valence-corrected chi connectivity index (χ0v) is 44.4. The minimum atomic E-state index is -0.170. The van der Waals surface area contributed by atoms with E-state index >= 15 is 0 Å². The first-order valence-corrected chi connectivity index (χ1v) is 25.8. The summed E-state index contributed by atoms with van der Waals surface area (Å²) in [6.45, 7) is 28.2. The van der Waals surface area contributed by atoms with Crippen molar-refractivity contribution in [2.24, 2.45) is 5.41 Å². The topological polar surface area (TPSA) is 33.5 Å². The number of allylic oxidation sites excluding steroid dienone is 1. The number of hydrogen-bond acceptors (Lipinski definition) is 4. The van der Waals surface area contributed by atoms with Crippen molar-refractivity contribution in [3.63, 3.8) is 0 Å². The Balaban J connectivity index is 1.12. The van der Waals surface area contributed by atoms with E-state index in [0.29, 0.717) is 18.5 Å². The molecule has 9 aromatic rings. The normalized spacial score (nSPS) is 13.5. The monoisotopic (exact) mass is 947 g/mol.